The van der Waals surface area contributed by atoms with E-state index in [0.717, 1.165) is 31.4 Å². The zero-order valence-electron chi connectivity index (χ0n) is 15.4. The van der Waals surface area contributed by atoms with Gasteiger partial charge in [-0.25, -0.2) is 0 Å². The molecule has 0 atom stereocenters. The molecule has 0 aliphatic carbocycles. The van der Waals surface area contributed by atoms with Gasteiger partial charge in [-0.2, -0.15) is 0 Å². The lowest BCUT2D eigenvalue weighted by Crippen LogP contribution is -2.43. The summed E-state index contributed by atoms with van der Waals surface area (Å²) in [7, 11) is 0. The third kappa shape index (κ3) is 4.37. The summed E-state index contributed by atoms with van der Waals surface area (Å²) in [6, 6.07) is 5.99. The molecule has 132 valence electrons. The van der Waals surface area contributed by atoms with Crippen molar-refractivity contribution in [1.82, 2.24) is 4.90 Å². The Kier molecular flexibility index (Phi) is 6.41. The fourth-order valence-corrected chi connectivity index (χ4v) is 3.32. The molecule has 1 aromatic carbocycles. The zero-order valence-corrected chi connectivity index (χ0v) is 15.4. The van der Waals surface area contributed by atoms with Crippen molar-refractivity contribution in [2.24, 2.45) is 11.8 Å². The van der Waals surface area contributed by atoms with Crippen LogP contribution in [0.1, 0.15) is 50.7 Å². The predicted octanol–water partition coefficient (Wildman–Crippen LogP) is 3.92. The Hall–Kier alpha value is -1.84. The van der Waals surface area contributed by atoms with Gasteiger partial charge in [0.25, 0.3) is 0 Å². The Morgan fingerprint density at radius 1 is 1.12 bits per heavy atom. The molecule has 1 aliphatic heterocycles. The average Bonchev–Trinajstić information content (AvgIpc) is 2.59. The largest absolute Gasteiger partial charge is 0.342 e. The van der Waals surface area contributed by atoms with Crippen molar-refractivity contribution >= 4 is 17.5 Å². The minimum absolute atomic E-state index is 0.00244. The second-order valence-corrected chi connectivity index (χ2v) is 6.90. The van der Waals surface area contributed by atoms with Crippen LogP contribution in [0.3, 0.4) is 0 Å². The summed E-state index contributed by atoms with van der Waals surface area (Å²) in [5.74, 6) is 0.462. The molecule has 1 saturated heterocycles. The van der Waals surface area contributed by atoms with Crippen LogP contribution in [0.15, 0.2) is 18.2 Å². The second kappa shape index (κ2) is 8.32. The van der Waals surface area contributed by atoms with E-state index in [9.17, 15) is 9.59 Å². The normalized spacial score (nSPS) is 15.6. The van der Waals surface area contributed by atoms with E-state index < -0.39 is 0 Å². The Morgan fingerprint density at radius 3 is 2.29 bits per heavy atom. The van der Waals surface area contributed by atoms with Gasteiger partial charge in [0.15, 0.2) is 0 Å². The van der Waals surface area contributed by atoms with Crippen LogP contribution in [0.2, 0.25) is 0 Å². The van der Waals surface area contributed by atoms with Crippen LogP contribution in [0.25, 0.3) is 0 Å². The molecular formula is C20H30N2O2. The highest BCUT2D eigenvalue weighted by atomic mass is 16.2. The Balaban J connectivity index is 1.88. The third-order valence-electron chi connectivity index (χ3n) is 5.29. The number of nitrogens with one attached hydrogen (secondary N) is 1. The minimum Gasteiger partial charge on any atom is -0.342 e. The highest BCUT2D eigenvalue weighted by Crippen LogP contribution is 2.23. The van der Waals surface area contributed by atoms with Gasteiger partial charge in [0.2, 0.25) is 11.8 Å². The first-order valence-corrected chi connectivity index (χ1v) is 9.13. The maximum Gasteiger partial charge on any atom is 0.227 e. The number of hydrogen-bond donors (Lipinski definition) is 1. The van der Waals surface area contributed by atoms with E-state index in [0.29, 0.717) is 13.1 Å². The Bertz CT molecular complexity index is 585. The van der Waals surface area contributed by atoms with E-state index in [4.69, 9.17) is 0 Å². The van der Waals surface area contributed by atoms with Gasteiger partial charge >= 0.3 is 0 Å². The number of hydrogen-bond acceptors (Lipinski definition) is 2. The number of amides is 2. The maximum absolute atomic E-state index is 12.5. The number of aryl methyl sites for hydroxylation is 2. The maximum atomic E-state index is 12.5. The number of rotatable bonds is 5. The van der Waals surface area contributed by atoms with Crippen molar-refractivity contribution in [1.29, 1.82) is 0 Å². The lowest BCUT2D eigenvalue weighted by molar-refractivity contribution is -0.138. The van der Waals surface area contributed by atoms with Gasteiger partial charge in [0, 0.05) is 30.6 Å². The van der Waals surface area contributed by atoms with Crippen molar-refractivity contribution in [2.45, 2.75) is 53.4 Å². The molecule has 1 aromatic rings. The van der Waals surface area contributed by atoms with Crippen molar-refractivity contribution in [3.63, 3.8) is 0 Å². The van der Waals surface area contributed by atoms with Crippen LogP contribution < -0.4 is 5.32 Å². The molecule has 24 heavy (non-hydrogen) atoms. The van der Waals surface area contributed by atoms with Crippen LogP contribution in [-0.2, 0) is 9.59 Å². The molecular weight excluding hydrogens is 300 g/mol. The number of nitrogens with zero attached hydrogens (tertiary/aromatic N) is 1. The summed E-state index contributed by atoms with van der Waals surface area (Å²) >= 11 is 0. The van der Waals surface area contributed by atoms with E-state index in [1.165, 1.54) is 11.1 Å². The lowest BCUT2D eigenvalue weighted by Gasteiger charge is -2.33. The van der Waals surface area contributed by atoms with E-state index in [1.807, 2.05) is 30.0 Å². The van der Waals surface area contributed by atoms with Gasteiger partial charge in [-0.1, -0.05) is 19.9 Å². The summed E-state index contributed by atoms with van der Waals surface area (Å²) in [6.45, 7) is 9.63. The van der Waals surface area contributed by atoms with Crippen molar-refractivity contribution in [3.05, 3.63) is 29.3 Å². The highest BCUT2D eigenvalue weighted by molar-refractivity contribution is 5.93. The van der Waals surface area contributed by atoms with Gasteiger partial charge in [-0.05, 0) is 62.8 Å². The molecule has 0 unspecified atom stereocenters. The topological polar surface area (TPSA) is 49.4 Å². The van der Waals surface area contributed by atoms with Gasteiger partial charge in [0.05, 0.1) is 0 Å². The first-order valence-electron chi connectivity index (χ1n) is 9.13. The predicted molar refractivity (Wildman–Crippen MR) is 97.9 cm³/mol. The van der Waals surface area contributed by atoms with E-state index in [-0.39, 0.29) is 23.7 Å². The van der Waals surface area contributed by atoms with Gasteiger partial charge < -0.3 is 10.2 Å². The first kappa shape index (κ1) is 18.5. The Morgan fingerprint density at radius 2 is 1.75 bits per heavy atom. The fourth-order valence-electron chi connectivity index (χ4n) is 3.32. The molecule has 0 bridgehead atoms. The van der Waals surface area contributed by atoms with Crippen molar-refractivity contribution in [2.75, 3.05) is 18.4 Å². The Labute approximate surface area is 145 Å². The van der Waals surface area contributed by atoms with Crippen LogP contribution in [0, 0.1) is 25.7 Å². The zero-order chi connectivity index (χ0) is 17.7. The quantitative estimate of drug-likeness (QED) is 0.889. The van der Waals surface area contributed by atoms with Gasteiger partial charge in [-0.15, -0.1) is 0 Å². The molecule has 2 rings (SSSR count). The summed E-state index contributed by atoms with van der Waals surface area (Å²) < 4.78 is 0. The van der Waals surface area contributed by atoms with Crippen molar-refractivity contribution < 1.29 is 9.59 Å². The van der Waals surface area contributed by atoms with E-state index in [1.54, 1.807) is 0 Å². The summed E-state index contributed by atoms with van der Waals surface area (Å²) in [6.07, 6.45) is 3.29. The van der Waals surface area contributed by atoms with E-state index in [2.05, 4.69) is 26.1 Å². The van der Waals surface area contributed by atoms with Crippen molar-refractivity contribution in [3.8, 4) is 0 Å². The number of anilines is 1. The summed E-state index contributed by atoms with van der Waals surface area (Å²) in [5.41, 5.74) is 3.26. The van der Waals surface area contributed by atoms with Crippen LogP contribution in [-0.4, -0.2) is 29.8 Å². The average molecular weight is 330 g/mol. The number of likely N-dealkylation sites (tertiary alicyclic amines) is 1. The molecule has 1 aliphatic rings. The highest BCUT2D eigenvalue weighted by Gasteiger charge is 2.29. The number of carbonyl (C=O) groups excluding carboxylic acids is 2. The monoisotopic (exact) mass is 330 g/mol. The van der Waals surface area contributed by atoms with E-state index >= 15 is 0 Å². The molecule has 0 radical (unpaired) electrons. The molecule has 2 amide bonds. The lowest BCUT2D eigenvalue weighted by atomic mass is 9.93. The molecule has 1 N–H and O–H groups in total. The molecule has 4 nitrogen and oxygen atoms in total. The number of benzene rings is 1. The second-order valence-electron chi connectivity index (χ2n) is 6.90. The standard InChI is InChI=1S/C20H30N2O2/c1-5-16(6-2)20(24)22-11-9-17(10-12-22)19(23)21-18-8-7-14(3)15(4)13-18/h7-8,13,16-17H,5-6,9-12H2,1-4H3,(H,21,23). The molecule has 0 spiro atoms. The molecule has 0 aromatic heterocycles. The molecule has 1 fully saturated rings. The number of piperidine rings is 1. The van der Waals surface area contributed by atoms with Crippen LogP contribution in [0.4, 0.5) is 5.69 Å². The smallest absolute Gasteiger partial charge is 0.227 e. The number of carbonyl (C=O) groups is 2. The fraction of sp³-hybridized carbons (Fsp3) is 0.600. The van der Waals surface area contributed by atoms with Crippen LogP contribution in [0.5, 0.6) is 0 Å². The molecule has 0 saturated carbocycles. The third-order valence-corrected chi connectivity index (χ3v) is 5.29. The minimum atomic E-state index is -0.00244. The molecule has 4 heteroatoms. The summed E-state index contributed by atoms with van der Waals surface area (Å²) in [4.78, 5) is 26.8. The van der Waals surface area contributed by atoms with Gasteiger partial charge in [0.1, 0.15) is 0 Å². The van der Waals surface area contributed by atoms with Gasteiger partial charge in [-0.3, -0.25) is 9.59 Å². The summed E-state index contributed by atoms with van der Waals surface area (Å²) in [5, 5.41) is 3.03. The van der Waals surface area contributed by atoms with Crippen LogP contribution >= 0.6 is 0 Å². The SMILES string of the molecule is CCC(CC)C(=O)N1CCC(C(=O)Nc2ccc(C)c(C)c2)CC1. The first-order chi connectivity index (χ1) is 11.5. The molecule has 1 heterocycles.